The van der Waals surface area contributed by atoms with Gasteiger partial charge >= 0.3 is 5.97 Å². The van der Waals surface area contributed by atoms with Crippen molar-refractivity contribution in [2.45, 2.75) is 32.7 Å². The van der Waals surface area contributed by atoms with E-state index < -0.39 is 0 Å². The van der Waals surface area contributed by atoms with E-state index in [2.05, 4.69) is 24.9 Å². The van der Waals surface area contributed by atoms with Crippen molar-refractivity contribution in [1.29, 1.82) is 0 Å². The highest BCUT2D eigenvalue weighted by Crippen LogP contribution is 2.33. The lowest BCUT2D eigenvalue weighted by Gasteiger charge is -2.30. The van der Waals surface area contributed by atoms with Gasteiger partial charge in [-0.15, -0.1) is 0 Å². The Morgan fingerprint density at radius 1 is 1.17 bits per heavy atom. The normalized spacial score (nSPS) is 14.8. The molecule has 148 valence electrons. The molecule has 5 heteroatoms. The largest absolute Gasteiger partial charge is 0.494 e. The molecule has 0 aliphatic carbocycles. The number of pyridine rings is 1. The van der Waals surface area contributed by atoms with Gasteiger partial charge in [0.1, 0.15) is 11.3 Å². The Morgan fingerprint density at radius 3 is 2.72 bits per heavy atom. The molecule has 5 nitrogen and oxygen atoms in total. The number of para-hydroxylation sites is 1. The van der Waals surface area contributed by atoms with Crippen LogP contribution in [0.3, 0.4) is 0 Å². The zero-order valence-electron chi connectivity index (χ0n) is 17.2. The molecule has 0 unspecified atom stereocenters. The number of esters is 1. The predicted octanol–water partition coefficient (Wildman–Crippen LogP) is 4.59. The van der Waals surface area contributed by atoms with Gasteiger partial charge in [0, 0.05) is 22.7 Å². The van der Waals surface area contributed by atoms with Crippen molar-refractivity contribution in [3.05, 3.63) is 70.9 Å². The Hall–Kier alpha value is -3.21. The fourth-order valence-electron chi connectivity index (χ4n) is 3.88. The number of carbonyl (C=O) groups is 1. The summed E-state index contributed by atoms with van der Waals surface area (Å²) in [7, 11) is 1.64. The summed E-state index contributed by atoms with van der Waals surface area (Å²) >= 11 is 0. The molecule has 0 N–H and O–H groups in total. The number of methoxy groups -OCH3 is 1. The number of carbonyl (C=O) groups excluding carboxylic acids is 1. The molecule has 4 rings (SSSR count). The molecule has 0 amide bonds. The first kappa shape index (κ1) is 19.1. The Balaban J connectivity index is 1.89. The van der Waals surface area contributed by atoms with Gasteiger partial charge in [0.05, 0.1) is 30.5 Å². The van der Waals surface area contributed by atoms with Crippen molar-refractivity contribution in [3.8, 4) is 5.75 Å². The number of hydrogen-bond acceptors (Lipinski definition) is 5. The monoisotopic (exact) mass is 388 g/mol. The summed E-state index contributed by atoms with van der Waals surface area (Å²) in [5, 5.41) is 0.982. The second kappa shape index (κ2) is 7.32. The lowest BCUT2D eigenvalue weighted by atomic mass is 9.82. The molecule has 3 aromatic rings. The molecule has 0 bridgehead atoms. The number of nitrogens with zero attached hydrogens (tertiary/aromatic N) is 2. The summed E-state index contributed by atoms with van der Waals surface area (Å²) in [4.78, 5) is 22.2. The molecule has 29 heavy (non-hydrogen) atoms. The van der Waals surface area contributed by atoms with Crippen molar-refractivity contribution in [1.82, 2.24) is 4.98 Å². The first-order valence-electron chi connectivity index (χ1n) is 9.76. The van der Waals surface area contributed by atoms with Gasteiger partial charge in [-0.2, -0.15) is 0 Å². The lowest BCUT2D eigenvalue weighted by molar-refractivity contribution is 0.0525. The van der Waals surface area contributed by atoms with Gasteiger partial charge in [0.25, 0.3) is 0 Å². The molecule has 2 heterocycles. The van der Waals surface area contributed by atoms with E-state index in [4.69, 9.17) is 14.5 Å². The minimum absolute atomic E-state index is 0.289. The van der Waals surface area contributed by atoms with E-state index in [9.17, 15) is 4.79 Å². The Labute approximate surface area is 170 Å². The van der Waals surface area contributed by atoms with Crippen molar-refractivity contribution in [3.63, 3.8) is 0 Å². The maximum Gasteiger partial charge on any atom is 0.338 e. The van der Waals surface area contributed by atoms with Crippen molar-refractivity contribution < 1.29 is 14.3 Å². The number of aromatic nitrogens is 1. The van der Waals surface area contributed by atoms with E-state index in [0.717, 1.165) is 39.1 Å². The van der Waals surface area contributed by atoms with Crippen LogP contribution in [-0.2, 0) is 11.2 Å². The van der Waals surface area contributed by atoms with Crippen LogP contribution in [0.4, 0.5) is 0 Å². The molecule has 0 saturated carbocycles. The average molecular weight is 388 g/mol. The number of rotatable bonds is 4. The topological polar surface area (TPSA) is 60.8 Å². The minimum Gasteiger partial charge on any atom is -0.494 e. The second-order valence-electron chi connectivity index (χ2n) is 7.76. The first-order valence-corrected chi connectivity index (χ1v) is 9.76. The maximum atomic E-state index is 12.5. The second-order valence-corrected chi connectivity index (χ2v) is 7.76. The van der Waals surface area contributed by atoms with Gasteiger partial charge < -0.3 is 9.47 Å². The third-order valence-corrected chi connectivity index (χ3v) is 5.12. The van der Waals surface area contributed by atoms with Crippen LogP contribution in [0.15, 0.2) is 53.7 Å². The van der Waals surface area contributed by atoms with Crippen LogP contribution >= 0.6 is 0 Å². The van der Waals surface area contributed by atoms with E-state index in [0.29, 0.717) is 18.6 Å². The van der Waals surface area contributed by atoms with E-state index in [1.165, 1.54) is 0 Å². The van der Waals surface area contributed by atoms with Gasteiger partial charge in [-0.3, -0.25) is 9.98 Å². The lowest BCUT2D eigenvalue weighted by Crippen LogP contribution is -2.31. The molecule has 0 spiro atoms. The highest BCUT2D eigenvalue weighted by Gasteiger charge is 2.31. The summed E-state index contributed by atoms with van der Waals surface area (Å²) < 4.78 is 10.7. The molecule has 1 aromatic heterocycles. The van der Waals surface area contributed by atoms with Gasteiger partial charge in [-0.1, -0.05) is 24.3 Å². The number of hydrogen-bond donors (Lipinski definition) is 0. The van der Waals surface area contributed by atoms with Crippen LogP contribution in [0.2, 0.25) is 0 Å². The standard InChI is InChI=1S/C24H24N2O3/c1-5-29-23(27)18-10-7-9-17-19(18)13-24(2,3)26-21(17)16-12-15-8-6-11-20(28-4)22(15)25-14-16/h6-12,14H,5,13H2,1-4H3. The summed E-state index contributed by atoms with van der Waals surface area (Å²) in [6.07, 6.45) is 2.50. The SMILES string of the molecule is CCOC(=O)c1cccc2c1CC(C)(C)N=C2c1cnc2c(OC)cccc2c1. The van der Waals surface area contributed by atoms with Crippen molar-refractivity contribution >= 4 is 22.6 Å². The molecular formula is C24H24N2O3. The highest BCUT2D eigenvalue weighted by atomic mass is 16.5. The Morgan fingerprint density at radius 2 is 1.97 bits per heavy atom. The number of aliphatic imine (C=N–C) groups is 1. The maximum absolute atomic E-state index is 12.5. The fourth-order valence-corrected chi connectivity index (χ4v) is 3.88. The van der Waals surface area contributed by atoms with Crippen LogP contribution in [0, 0.1) is 0 Å². The zero-order chi connectivity index (χ0) is 20.6. The van der Waals surface area contributed by atoms with Crippen molar-refractivity contribution in [2.24, 2.45) is 4.99 Å². The zero-order valence-corrected chi connectivity index (χ0v) is 17.2. The first-order chi connectivity index (χ1) is 13.9. The van der Waals surface area contributed by atoms with Gasteiger partial charge in [0.15, 0.2) is 0 Å². The van der Waals surface area contributed by atoms with Gasteiger partial charge in [-0.05, 0) is 51.0 Å². The van der Waals surface area contributed by atoms with Crippen LogP contribution < -0.4 is 4.74 Å². The van der Waals surface area contributed by atoms with Crippen LogP contribution in [-0.4, -0.2) is 35.9 Å². The van der Waals surface area contributed by atoms with E-state index in [1.807, 2.05) is 49.5 Å². The average Bonchev–Trinajstić information content (AvgIpc) is 2.71. The number of ether oxygens (including phenoxy) is 2. The molecule has 0 saturated heterocycles. The molecule has 1 aliphatic rings. The predicted molar refractivity (Wildman–Crippen MR) is 114 cm³/mol. The molecular weight excluding hydrogens is 364 g/mol. The smallest absolute Gasteiger partial charge is 0.338 e. The third-order valence-electron chi connectivity index (χ3n) is 5.12. The van der Waals surface area contributed by atoms with E-state index >= 15 is 0 Å². The van der Waals surface area contributed by atoms with Crippen molar-refractivity contribution in [2.75, 3.05) is 13.7 Å². The molecule has 0 radical (unpaired) electrons. The molecule has 0 atom stereocenters. The van der Waals surface area contributed by atoms with Gasteiger partial charge in [-0.25, -0.2) is 4.79 Å². The van der Waals surface area contributed by atoms with Crippen LogP contribution in [0.5, 0.6) is 5.75 Å². The third kappa shape index (κ3) is 3.48. The van der Waals surface area contributed by atoms with Crippen LogP contribution in [0.1, 0.15) is 47.8 Å². The Bertz CT molecular complexity index is 1130. The Kier molecular flexibility index (Phi) is 4.82. The summed E-state index contributed by atoms with van der Waals surface area (Å²) in [5.41, 5.74) is 4.79. The summed E-state index contributed by atoms with van der Waals surface area (Å²) in [6, 6.07) is 13.7. The molecule has 1 aliphatic heterocycles. The van der Waals surface area contributed by atoms with Gasteiger partial charge in [0.2, 0.25) is 0 Å². The summed E-state index contributed by atoms with van der Waals surface area (Å²) in [5.74, 6) is 0.452. The van der Waals surface area contributed by atoms with E-state index in [-0.39, 0.29) is 11.5 Å². The van der Waals surface area contributed by atoms with Crippen LogP contribution in [0.25, 0.3) is 10.9 Å². The fraction of sp³-hybridized carbons (Fsp3) is 0.292. The molecule has 0 fully saturated rings. The number of fused-ring (bicyclic) bond motifs is 2. The summed E-state index contributed by atoms with van der Waals surface area (Å²) in [6.45, 7) is 6.33. The quantitative estimate of drug-likeness (QED) is 0.613. The van der Waals surface area contributed by atoms with E-state index in [1.54, 1.807) is 7.11 Å². The minimum atomic E-state index is -0.339. The number of benzene rings is 2. The highest BCUT2D eigenvalue weighted by molar-refractivity contribution is 6.16. The molecule has 2 aromatic carbocycles.